The molecule has 1 amide bonds. The van der Waals surface area contributed by atoms with Gasteiger partial charge in [0.1, 0.15) is 4.88 Å². The lowest BCUT2D eigenvalue weighted by atomic mass is 9.99. The third-order valence-corrected chi connectivity index (χ3v) is 4.34. The van der Waals surface area contributed by atoms with Crippen LogP contribution in [0.15, 0.2) is 6.20 Å². The van der Waals surface area contributed by atoms with Crippen molar-refractivity contribution in [3.05, 3.63) is 11.1 Å². The summed E-state index contributed by atoms with van der Waals surface area (Å²) in [5.41, 5.74) is 0. The van der Waals surface area contributed by atoms with Gasteiger partial charge in [-0.05, 0) is 17.5 Å². The number of carbonyl (C=O) groups excluding carboxylic acids is 1. The maximum Gasteiger partial charge on any atom is 0.264 e. The van der Waals surface area contributed by atoms with E-state index in [1.54, 1.807) is 0 Å². The van der Waals surface area contributed by atoms with Crippen molar-refractivity contribution in [2.24, 2.45) is 5.92 Å². The smallest absolute Gasteiger partial charge is 0.264 e. The standard InChI is InChI=1S/C10H16BrN3OS/c1-3-7(4-2)8(11)5-12-10(15)9-6-13-14-16-9/h6-8H,3-5H2,1-2H3,(H,12,15). The van der Waals surface area contributed by atoms with Crippen molar-refractivity contribution >= 4 is 33.4 Å². The fraction of sp³-hybridized carbons (Fsp3) is 0.700. The van der Waals surface area contributed by atoms with Crippen LogP contribution in [0.25, 0.3) is 0 Å². The number of carbonyl (C=O) groups is 1. The molecule has 1 unspecified atom stereocenters. The lowest BCUT2D eigenvalue weighted by Crippen LogP contribution is -2.32. The normalized spacial score (nSPS) is 12.8. The van der Waals surface area contributed by atoms with Gasteiger partial charge in [0.2, 0.25) is 0 Å². The predicted octanol–water partition coefficient (Wildman–Crippen LogP) is 2.47. The first-order chi connectivity index (χ1) is 7.69. The molecule has 0 aliphatic heterocycles. The molecule has 1 heterocycles. The number of aromatic nitrogens is 2. The molecule has 4 nitrogen and oxygen atoms in total. The van der Waals surface area contributed by atoms with Gasteiger partial charge >= 0.3 is 0 Å². The molecule has 90 valence electrons. The van der Waals surface area contributed by atoms with E-state index in [1.807, 2.05) is 0 Å². The highest BCUT2D eigenvalue weighted by Gasteiger charge is 2.17. The largest absolute Gasteiger partial charge is 0.350 e. The van der Waals surface area contributed by atoms with Crippen molar-refractivity contribution in [1.29, 1.82) is 0 Å². The van der Waals surface area contributed by atoms with Gasteiger partial charge < -0.3 is 5.32 Å². The topological polar surface area (TPSA) is 54.9 Å². The van der Waals surface area contributed by atoms with E-state index in [9.17, 15) is 4.79 Å². The molecular weight excluding hydrogens is 290 g/mol. The van der Waals surface area contributed by atoms with E-state index >= 15 is 0 Å². The molecule has 0 saturated carbocycles. The van der Waals surface area contributed by atoms with Crippen LogP contribution in [0.1, 0.15) is 36.4 Å². The number of halogens is 1. The summed E-state index contributed by atoms with van der Waals surface area (Å²) in [4.78, 5) is 12.5. The molecule has 0 aromatic carbocycles. The van der Waals surface area contributed by atoms with Crippen LogP contribution < -0.4 is 5.32 Å². The molecule has 1 atom stereocenters. The number of hydrogen-bond donors (Lipinski definition) is 1. The molecule has 0 fully saturated rings. The van der Waals surface area contributed by atoms with Gasteiger partial charge in [-0.3, -0.25) is 4.79 Å². The maximum absolute atomic E-state index is 11.6. The number of alkyl halides is 1. The summed E-state index contributed by atoms with van der Waals surface area (Å²) in [6, 6.07) is 0. The summed E-state index contributed by atoms with van der Waals surface area (Å²) in [6.45, 7) is 4.97. The van der Waals surface area contributed by atoms with Crippen LogP contribution in [0.3, 0.4) is 0 Å². The molecule has 1 N–H and O–H groups in total. The van der Waals surface area contributed by atoms with E-state index in [2.05, 4.69) is 44.7 Å². The summed E-state index contributed by atoms with van der Waals surface area (Å²) >= 11 is 4.73. The predicted molar refractivity (Wildman–Crippen MR) is 69.0 cm³/mol. The first-order valence-electron chi connectivity index (χ1n) is 5.38. The summed E-state index contributed by atoms with van der Waals surface area (Å²) in [6.07, 6.45) is 3.72. The third kappa shape index (κ3) is 3.83. The van der Waals surface area contributed by atoms with Gasteiger partial charge in [-0.15, -0.1) is 5.10 Å². The van der Waals surface area contributed by atoms with Gasteiger partial charge in [-0.25, -0.2) is 0 Å². The molecule has 0 radical (unpaired) electrons. The van der Waals surface area contributed by atoms with Gasteiger partial charge in [0.25, 0.3) is 5.91 Å². The van der Waals surface area contributed by atoms with E-state index in [0.717, 1.165) is 24.4 Å². The zero-order chi connectivity index (χ0) is 12.0. The Labute approximate surface area is 108 Å². The van der Waals surface area contributed by atoms with Crippen LogP contribution in [0.2, 0.25) is 0 Å². The summed E-state index contributed by atoms with van der Waals surface area (Å²) in [7, 11) is 0. The zero-order valence-electron chi connectivity index (χ0n) is 9.44. The van der Waals surface area contributed by atoms with Crippen LogP contribution in [0, 0.1) is 5.92 Å². The fourth-order valence-electron chi connectivity index (χ4n) is 1.51. The monoisotopic (exact) mass is 305 g/mol. The van der Waals surface area contributed by atoms with Crippen molar-refractivity contribution in [2.75, 3.05) is 6.54 Å². The van der Waals surface area contributed by atoms with Crippen molar-refractivity contribution in [3.8, 4) is 0 Å². The van der Waals surface area contributed by atoms with Crippen LogP contribution in [-0.2, 0) is 0 Å². The molecule has 0 aliphatic rings. The molecule has 0 saturated heterocycles. The lowest BCUT2D eigenvalue weighted by Gasteiger charge is -2.19. The Hall–Kier alpha value is -0.490. The minimum Gasteiger partial charge on any atom is -0.350 e. The number of hydrogen-bond acceptors (Lipinski definition) is 4. The highest BCUT2D eigenvalue weighted by molar-refractivity contribution is 9.09. The molecule has 0 bridgehead atoms. The third-order valence-electron chi connectivity index (χ3n) is 2.60. The van der Waals surface area contributed by atoms with Crippen LogP contribution in [-0.4, -0.2) is 26.9 Å². The highest BCUT2D eigenvalue weighted by atomic mass is 79.9. The van der Waals surface area contributed by atoms with Gasteiger partial charge in [0.15, 0.2) is 0 Å². The van der Waals surface area contributed by atoms with E-state index < -0.39 is 0 Å². The molecule has 16 heavy (non-hydrogen) atoms. The molecule has 1 rings (SSSR count). The highest BCUT2D eigenvalue weighted by Crippen LogP contribution is 2.19. The summed E-state index contributed by atoms with van der Waals surface area (Å²) < 4.78 is 3.66. The van der Waals surface area contributed by atoms with Crippen molar-refractivity contribution in [3.63, 3.8) is 0 Å². The molecule has 0 aliphatic carbocycles. The first-order valence-corrected chi connectivity index (χ1v) is 7.07. The molecule has 0 spiro atoms. The van der Waals surface area contributed by atoms with Crippen LogP contribution in [0.4, 0.5) is 0 Å². The molecule has 1 aromatic rings. The van der Waals surface area contributed by atoms with Crippen molar-refractivity contribution < 1.29 is 4.79 Å². The average molecular weight is 306 g/mol. The SMILES string of the molecule is CCC(CC)C(Br)CNC(=O)c1cnns1. The minimum absolute atomic E-state index is 0.0922. The van der Waals surface area contributed by atoms with Gasteiger partial charge in [0.05, 0.1) is 6.20 Å². The number of nitrogens with one attached hydrogen (secondary N) is 1. The maximum atomic E-state index is 11.6. The second-order valence-electron chi connectivity index (χ2n) is 3.58. The number of nitrogens with zero attached hydrogens (tertiary/aromatic N) is 2. The van der Waals surface area contributed by atoms with E-state index in [0.29, 0.717) is 22.2 Å². The first kappa shape index (κ1) is 13.6. The molecule has 6 heteroatoms. The van der Waals surface area contributed by atoms with E-state index in [1.165, 1.54) is 6.20 Å². The zero-order valence-corrected chi connectivity index (χ0v) is 11.8. The fourth-order valence-corrected chi connectivity index (χ4v) is 2.85. The average Bonchev–Trinajstić information content (AvgIpc) is 2.81. The minimum atomic E-state index is -0.0922. The Morgan fingerprint density at radius 2 is 2.25 bits per heavy atom. The Morgan fingerprint density at radius 3 is 2.75 bits per heavy atom. The Morgan fingerprint density at radius 1 is 1.56 bits per heavy atom. The second-order valence-corrected chi connectivity index (χ2v) is 5.55. The number of amides is 1. The van der Waals surface area contributed by atoms with Crippen molar-refractivity contribution in [1.82, 2.24) is 14.9 Å². The Balaban J connectivity index is 2.37. The molecular formula is C10H16BrN3OS. The van der Waals surface area contributed by atoms with Crippen LogP contribution >= 0.6 is 27.5 Å². The molecule has 1 aromatic heterocycles. The summed E-state index contributed by atoms with van der Waals surface area (Å²) in [5, 5.41) is 6.51. The van der Waals surface area contributed by atoms with Gasteiger partial charge in [0, 0.05) is 11.4 Å². The van der Waals surface area contributed by atoms with E-state index in [4.69, 9.17) is 0 Å². The quantitative estimate of drug-likeness (QED) is 0.821. The second kappa shape index (κ2) is 6.96. The Bertz CT molecular complexity index is 314. The number of rotatable bonds is 6. The lowest BCUT2D eigenvalue weighted by molar-refractivity contribution is 0.0956. The summed E-state index contributed by atoms with van der Waals surface area (Å²) in [5.74, 6) is 0.505. The van der Waals surface area contributed by atoms with E-state index in [-0.39, 0.29) is 5.91 Å². The van der Waals surface area contributed by atoms with Crippen molar-refractivity contribution in [2.45, 2.75) is 31.5 Å². The van der Waals surface area contributed by atoms with Gasteiger partial charge in [-0.1, -0.05) is 47.1 Å². The Kier molecular flexibility index (Phi) is 5.90. The van der Waals surface area contributed by atoms with Gasteiger partial charge in [-0.2, -0.15) is 0 Å². The van der Waals surface area contributed by atoms with Crippen LogP contribution in [0.5, 0.6) is 0 Å².